The van der Waals surface area contributed by atoms with Gasteiger partial charge >= 0.3 is 0 Å². The number of hydrogen-bond acceptors (Lipinski definition) is 1. The molecule has 0 bridgehead atoms. The summed E-state index contributed by atoms with van der Waals surface area (Å²) >= 11 is 9.97. The summed E-state index contributed by atoms with van der Waals surface area (Å²) in [5.74, 6) is 0.881. The summed E-state index contributed by atoms with van der Waals surface area (Å²) in [6.07, 6.45) is 2.41. The van der Waals surface area contributed by atoms with Crippen molar-refractivity contribution >= 4 is 27.5 Å². The number of benzene rings is 1. The molecule has 1 aliphatic carbocycles. The minimum absolute atomic E-state index is 0.0462. The van der Waals surface area contributed by atoms with Crippen LogP contribution in [0.2, 0.25) is 0 Å². The minimum Gasteiger partial charge on any atom is -0.496 e. The van der Waals surface area contributed by atoms with Gasteiger partial charge in [0, 0.05) is 10.0 Å². The number of hydrogen-bond donors (Lipinski definition) is 0. The van der Waals surface area contributed by atoms with Gasteiger partial charge in [-0.2, -0.15) is 0 Å². The van der Waals surface area contributed by atoms with Crippen molar-refractivity contribution < 1.29 is 4.74 Å². The summed E-state index contributed by atoms with van der Waals surface area (Å²) < 4.78 is 6.39. The zero-order valence-corrected chi connectivity index (χ0v) is 11.2. The number of alkyl halides is 1. The van der Waals surface area contributed by atoms with Crippen molar-refractivity contribution in [2.45, 2.75) is 25.1 Å². The first-order valence-corrected chi connectivity index (χ1v) is 6.27. The lowest BCUT2D eigenvalue weighted by atomic mass is 9.97. The zero-order chi connectivity index (χ0) is 11.1. The van der Waals surface area contributed by atoms with Gasteiger partial charge in [0.05, 0.1) is 12.5 Å². The topological polar surface area (TPSA) is 9.23 Å². The minimum atomic E-state index is 0.0462. The second-order valence-electron chi connectivity index (χ2n) is 4.40. The fourth-order valence-electron chi connectivity index (χ4n) is 1.73. The van der Waals surface area contributed by atoms with E-state index in [1.165, 1.54) is 12.8 Å². The summed E-state index contributed by atoms with van der Waals surface area (Å²) in [5.41, 5.74) is 1.35. The van der Waals surface area contributed by atoms with Crippen molar-refractivity contribution in [2.24, 2.45) is 5.41 Å². The Balaban J connectivity index is 2.36. The van der Waals surface area contributed by atoms with Gasteiger partial charge < -0.3 is 4.74 Å². The molecule has 1 saturated carbocycles. The molecule has 1 aromatic carbocycles. The Morgan fingerprint density at radius 3 is 2.67 bits per heavy atom. The summed E-state index contributed by atoms with van der Waals surface area (Å²) in [7, 11) is 1.69. The second-order valence-corrected chi connectivity index (χ2v) is 5.75. The molecule has 0 spiro atoms. The maximum absolute atomic E-state index is 6.50. The van der Waals surface area contributed by atoms with Crippen LogP contribution in [0.4, 0.5) is 0 Å². The Labute approximate surface area is 104 Å². The van der Waals surface area contributed by atoms with Crippen molar-refractivity contribution in [3.05, 3.63) is 28.2 Å². The summed E-state index contributed by atoms with van der Waals surface area (Å²) in [5, 5.41) is 0.0462. The highest BCUT2D eigenvalue weighted by molar-refractivity contribution is 9.10. The van der Waals surface area contributed by atoms with Crippen molar-refractivity contribution in [3.63, 3.8) is 0 Å². The molecule has 1 nitrogen and oxygen atoms in total. The Hall–Kier alpha value is -0.210. The van der Waals surface area contributed by atoms with E-state index in [1.54, 1.807) is 7.11 Å². The second kappa shape index (κ2) is 3.99. The predicted molar refractivity (Wildman–Crippen MR) is 66.6 cm³/mol. The summed E-state index contributed by atoms with van der Waals surface area (Å²) in [6.45, 7) is 2.23. The Kier molecular flexibility index (Phi) is 3.00. The molecule has 0 radical (unpaired) electrons. The SMILES string of the molecule is COc1ccc(Br)cc1C(Cl)C1(C)CC1. The van der Waals surface area contributed by atoms with Crippen LogP contribution in [0.3, 0.4) is 0 Å². The Morgan fingerprint density at radius 1 is 1.47 bits per heavy atom. The average molecular weight is 290 g/mol. The maximum Gasteiger partial charge on any atom is 0.123 e. The quantitative estimate of drug-likeness (QED) is 0.742. The van der Waals surface area contributed by atoms with Gasteiger partial charge in [-0.1, -0.05) is 22.9 Å². The Morgan fingerprint density at radius 2 is 2.13 bits per heavy atom. The van der Waals surface area contributed by atoms with Crippen LogP contribution >= 0.6 is 27.5 Å². The molecule has 0 heterocycles. The van der Waals surface area contributed by atoms with Crippen LogP contribution in [0.25, 0.3) is 0 Å². The van der Waals surface area contributed by atoms with Crippen molar-refractivity contribution in [1.82, 2.24) is 0 Å². The molecule has 15 heavy (non-hydrogen) atoms. The first-order chi connectivity index (χ1) is 7.07. The zero-order valence-electron chi connectivity index (χ0n) is 8.89. The van der Waals surface area contributed by atoms with Crippen LogP contribution in [0.5, 0.6) is 5.75 Å². The number of rotatable bonds is 3. The van der Waals surface area contributed by atoms with Crippen LogP contribution in [0.15, 0.2) is 22.7 Å². The third-order valence-electron chi connectivity index (χ3n) is 3.12. The molecule has 0 saturated heterocycles. The monoisotopic (exact) mass is 288 g/mol. The van der Waals surface area contributed by atoms with Gasteiger partial charge in [-0.05, 0) is 36.5 Å². The van der Waals surface area contributed by atoms with E-state index < -0.39 is 0 Å². The van der Waals surface area contributed by atoms with E-state index in [0.29, 0.717) is 0 Å². The van der Waals surface area contributed by atoms with Crippen LogP contribution in [0, 0.1) is 5.41 Å². The van der Waals surface area contributed by atoms with E-state index in [4.69, 9.17) is 16.3 Å². The maximum atomic E-state index is 6.50. The molecule has 1 aliphatic rings. The van der Waals surface area contributed by atoms with Crippen LogP contribution < -0.4 is 4.74 Å². The van der Waals surface area contributed by atoms with E-state index >= 15 is 0 Å². The Bertz CT molecular complexity index is 374. The molecule has 0 aliphatic heterocycles. The van der Waals surface area contributed by atoms with Crippen LogP contribution in [0.1, 0.15) is 30.7 Å². The molecule has 0 amide bonds. The summed E-state index contributed by atoms with van der Waals surface area (Å²) in [6, 6.07) is 5.99. The third kappa shape index (κ3) is 2.16. The predicted octanol–water partition coefficient (Wildman–Crippen LogP) is 4.54. The van der Waals surface area contributed by atoms with Crippen molar-refractivity contribution in [3.8, 4) is 5.75 Å². The molecule has 1 fully saturated rings. The first kappa shape index (κ1) is 11.3. The largest absolute Gasteiger partial charge is 0.496 e. The van der Waals surface area contributed by atoms with Gasteiger partial charge in [-0.25, -0.2) is 0 Å². The normalized spacial score (nSPS) is 19.7. The van der Waals surface area contributed by atoms with Gasteiger partial charge in [-0.3, -0.25) is 0 Å². The summed E-state index contributed by atoms with van der Waals surface area (Å²) in [4.78, 5) is 0. The van der Waals surface area contributed by atoms with E-state index in [1.807, 2.05) is 12.1 Å². The molecule has 1 atom stereocenters. The van der Waals surface area contributed by atoms with Gasteiger partial charge in [0.2, 0.25) is 0 Å². The standard InChI is InChI=1S/C12H14BrClO/c1-12(5-6-12)11(14)9-7-8(13)3-4-10(9)15-2/h3-4,7,11H,5-6H2,1-2H3. The molecule has 0 N–H and O–H groups in total. The molecule has 3 heteroatoms. The van der Waals surface area contributed by atoms with Crippen molar-refractivity contribution in [2.75, 3.05) is 7.11 Å². The van der Waals surface area contributed by atoms with E-state index in [2.05, 4.69) is 28.9 Å². The fraction of sp³-hybridized carbons (Fsp3) is 0.500. The van der Waals surface area contributed by atoms with E-state index in [-0.39, 0.29) is 10.8 Å². The average Bonchev–Trinajstić information content (AvgIpc) is 2.96. The van der Waals surface area contributed by atoms with Crippen molar-refractivity contribution in [1.29, 1.82) is 0 Å². The molecule has 1 aromatic rings. The highest BCUT2D eigenvalue weighted by Crippen LogP contribution is 2.58. The lowest BCUT2D eigenvalue weighted by Crippen LogP contribution is -2.05. The smallest absolute Gasteiger partial charge is 0.123 e. The number of ether oxygens (including phenoxy) is 1. The van der Waals surface area contributed by atoms with Crippen LogP contribution in [-0.2, 0) is 0 Å². The van der Waals surface area contributed by atoms with Gasteiger partial charge in [0.1, 0.15) is 5.75 Å². The molecular formula is C12H14BrClO. The molecule has 0 aromatic heterocycles. The number of halogens is 2. The highest BCUT2D eigenvalue weighted by Gasteiger charge is 2.45. The molecule has 1 unspecified atom stereocenters. The first-order valence-electron chi connectivity index (χ1n) is 5.04. The van der Waals surface area contributed by atoms with E-state index in [9.17, 15) is 0 Å². The number of methoxy groups -OCH3 is 1. The molecular weight excluding hydrogens is 275 g/mol. The highest BCUT2D eigenvalue weighted by atomic mass is 79.9. The third-order valence-corrected chi connectivity index (χ3v) is 4.37. The fourth-order valence-corrected chi connectivity index (χ4v) is 2.50. The lowest BCUT2D eigenvalue weighted by Gasteiger charge is -2.19. The molecule has 82 valence electrons. The van der Waals surface area contributed by atoms with E-state index in [0.717, 1.165) is 15.8 Å². The van der Waals surface area contributed by atoms with Gasteiger partial charge in [0.25, 0.3) is 0 Å². The van der Waals surface area contributed by atoms with Gasteiger partial charge in [-0.15, -0.1) is 11.6 Å². The van der Waals surface area contributed by atoms with Gasteiger partial charge in [0.15, 0.2) is 0 Å². The van der Waals surface area contributed by atoms with Crippen LogP contribution in [-0.4, -0.2) is 7.11 Å². The lowest BCUT2D eigenvalue weighted by molar-refractivity contribution is 0.402. The molecule has 2 rings (SSSR count).